The Morgan fingerprint density at radius 2 is 2.04 bits per heavy atom. The molecular formula is C19H25N5O3S. The van der Waals surface area contributed by atoms with Crippen LogP contribution >= 0.6 is 0 Å². The largest absolute Gasteiger partial charge is 0.399 e. The molecule has 0 spiro atoms. The first-order chi connectivity index (χ1) is 13.4. The zero-order chi connectivity index (χ0) is 19.7. The van der Waals surface area contributed by atoms with Crippen LogP contribution in [0.2, 0.25) is 0 Å². The number of rotatable bonds is 4. The van der Waals surface area contributed by atoms with Crippen molar-refractivity contribution in [2.45, 2.75) is 18.2 Å². The number of aromatic nitrogens is 2. The smallest absolute Gasteiger partial charge is 0.167 e. The average Bonchev–Trinajstić information content (AvgIpc) is 2.59. The summed E-state index contributed by atoms with van der Waals surface area (Å²) in [4.78, 5) is 11.5. The van der Waals surface area contributed by atoms with Crippen molar-refractivity contribution in [2.24, 2.45) is 4.36 Å². The summed E-state index contributed by atoms with van der Waals surface area (Å²) in [6.07, 6.45) is 1.67. The van der Waals surface area contributed by atoms with Gasteiger partial charge in [0.25, 0.3) is 0 Å². The van der Waals surface area contributed by atoms with E-state index in [1.165, 1.54) is 0 Å². The summed E-state index contributed by atoms with van der Waals surface area (Å²) in [6, 6.07) is 9.40. The number of anilines is 2. The lowest BCUT2D eigenvalue weighted by Gasteiger charge is -2.34. The number of hydrogen-bond donors (Lipinski definition) is 1. The van der Waals surface area contributed by atoms with E-state index < -0.39 is 9.73 Å². The van der Waals surface area contributed by atoms with Crippen molar-refractivity contribution >= 4 is 27.1 Å². The van der Waals surface area contributed by atoms with Crippen molar-refractivity contribution in [1.29, 1.82) is 0 Å². The van der Waals surface area contributed by atoms with E-state index in [4.69, 9.17) is 20.2 Å². The first-order valence-electron chi connectivity index (χ1n) is 9.30. The van der Waals surface area contributed by atoms with Gasteiger partial charge in [-0.15, -0.1) is 0 Å². The van der Waals surface area contributed by atoms with Crippen LogP contribution in [-0.2, 0) is 19.2 Å². The zero-order valence-electron chi connectivity index (χ0n) is 16.1. The molecule has 2 aromatic rings. The molecular weight excluding hydrogens is 378 g/mol. The van der Waals surface area contributed by atoms with Crippen LogP contribution < -0.4 is 10.6 Å². The summed E-state index contributed by atoms with van der Waals surface area (Å²) in [6.45, 7) is 5.03. The van der Waals surface area contributed by atoms with Gasteiger partial charge in [0.15, 0.2) is 11.6 Å². The Hall–Kier alpha value is -2.23. The van der Waals surface area contributed by atoms with Crippen LogP contribution in [-0.4, -0.2) is 64.7 Å². The minimum atomic E-state index is -2.45. The highest BCUT2D eigenvalue weighted by Gasteiger charge is 2.28. The van der Waals surface area contributed by atoms with Crippen molar-refractivity contribution in [2.75, 3.05) is 49.9 Å². The maximum absolute atomic E-state index is 13.0. The summed E-state index contributed by atoms with van der Waals surface area (Å²) in [5, 5.41) is -0.0657. The van der Waals surface area contributed by atoms with E-state index >= 15 is 0 Å². The fourth-order valence-corrected chi connectivity index (χ4v) is 4.53. The predicted octanol–water partition coefficient (Wildman–Crippen LogP) is 2.08. The normalized spacial score (nSPS) is 22.4. The Morgan fingerprint density at radius 3 is 2.71 bits per heavy atom. The second kappa shape index (κ2) is 7.65. The highest BCUT2D eigenvalue weighted by molar-refractivity contribution is 7.93. The second-order valence-corrected chi connectivity index (χ2v) is 9.83. The third-order valence-electron chi connectivity index (χ3n) is 5.01. The molecule has 2 aliphatic rings. The molecule has 3 heterocycles. The van der Waals surface area contributed by atoms with Crippen molar-refractivity contribution in [3.05, 3.63) is 30.3 Å². The van der Waals surface area contributed by atoms with Gasteiger partial charge >= 0.3 is 0 Å². The van der Waals surface area contributed by atoms with Gasteiger partial charge in [0.05, 0.1) is 47.4 Å². The molecule has 150 valence electrons. The predicted molar refractivity (Wildman–Crippen MR) is 110 cm³/mol. The molecule has 2 N–H and O–H groups in total. The Labute approximate surface area is 165 Å². The fourth-order valence-electron chi connectivity index (χ4n) is 3.22. The summed E-state index contributed by atoms with van der Waals surface area (Å²) in [7, 11) is -2.45. The minimum Gasteiger partial charge on any atom is -0.399 e. The molecule has 0 amide bonds. The van der Waals surface area contributed by atoms with E-state index in [1.807, 2.05) is 24.3 Å². The molecule has 2 atom stereocenters. The van der Waals surface area contributed by atoms with E-state index in [1.54, 1.807) is 12.3 Å². The molecule has 0 aliphatic carbocycles. The SMILES string of the molecule is C[C@@H]1COCCN1c1cc(N=S(C)(=O)C2COC2)nc(-c2cccc(N)c2)n1. The van der Waals surface area contributed by atoms with E-state index in [0.717, 1.165) is 17.9 Å². The van der Waals surface area contributed by atoms with Gasteiger partial charge in [-0.3, -0.25) is 0 Å². The molecule has 0 radical (unpaired) electrons. The number of ether oxygens (including phenoxy) is 2. The molecule has 28 heavy (non-hydrogen) atoms. The topological polar surface area (TPSA) is 103 Å². The van der Waals surface area contributed by atoms with Gasteiger partial charge in [-0.25, -0.2) is 14.2 Å². The van der Waals surface area contributed by atoms with Crippen LogP contribution in [0, 0.1) is 0 Å². The number of morpholine rings is 1. The number of nitrogens with two attached hydrogens (primary N) is 1. The minimum absolute atomic E-state index is 0.0657. The number of hydrogen-bond acceptors (Lipinski definition) is 8. The molecule has 2 saturated heterocycles. The molecule has 8 nitrogen and oxygen atoms in total. The monoisotopic (exact) mass is 403 g/mol. The number of benzene rings is 1. The Bertz CT molecular complexity index is 985. The molecule has 9 heteroatoms. The number of nitrogens with zero attached hydrogens (tertiary/aromatic N) is 4. The highest BCUT2D eigenvalue weighted by atomic mass is 32.2. The quantitative estimate of drug-likeness (QED) is 0.780. The molecule has 1 aromatic heterocycles. The molecule has 1 aromatic carbocycles. The van der Waals surface area contributed by atoms with Gasteiger partial charge in [0.2, 0.25) is 0 Å². The van der Waals surface area contributed by atoms with Crippen LogP contribution in [0.1, 0.15) is 6.92 Å². The molecule has 4 rings (SSSR count). The van der Waals surface area contributed by atoms with Gasteiger partial charge in [-0.1, -0.05) is 12.1 Å². The van der Waals surface area contributed by atoms with Crippen LogP contribution in [0.25, 0.3) is 11.4 Å². The molecule has 2 aliphatic heterocycles. The van der Waals surface area contributed by atoms with Crippen molar-refractivity contribution in [3.63, 3.8) is 0 Å². The van der Waals surface area contributed by atoms with Crippen LogP contribution in [0.4, 0.5) is 17.3 Å². The molecule has 1 unspecified atom stereocenters. The Kier molecular flexibility index (Phi) is 5.22. The maximum Gasteiger partial charge on any atom is 0.167 e. The maximum atomic E-state index is 13.0. The van der Waals surface area contributed by atoms with E-state index in [2.05, 4.69) is 21.2 Å². The van der Waals surface area contributed by atoms with Gasteiger partial charge in [0, 0.05) is 30.1 Å². The Balaban J connectivity index is 1.81. The summed E-state index contributed by atoms with van der Waals surface area (Å²) >= 11 is 0. The first kappa shape index (κ1) is 19.1. The van der Waals surface area contributed by atoms with E-state index in [0.29, 0.717) is 43.8 Å². The van der Waals surface area contributed by atoms with Gasteiger partial charge in [0.1, 0.15) is 5.82 Å². The molecule has 0 saturated carbocycles. The summed E-state index contributed by atoms with van der Waals surface area (Å²) < 4.78 is 28.3. The lowest BCUT2D eigenvalue weighted by Crippen LogP contribution is -2.44. The van der Waals surface area contributed by atoms with Crippen LogP contribution in [0.15, 0.2) is 34.7 Å². The van der Waals surface area contributed by atoms with Gasteiger partial charge in [-0.05, 0) is 19.1 Å². The molecule has 0 bridgehead atoms. The van der Waals surface area contributed by atoms with Crippen molar-refractivity contribution in [3.8, 4) is 11.4 Å². The first-order valence-corrected chi connectivity index (χ1v) is 11.3. The van der Waals surface area contributed by atoms with Crippen molar-refractivity contribution in [1.82, 2.24) is 9.97 Å². The zero-order valence-corrected chi connectivity index (χ0v) is 16.9. The lowest BCUT2D eigenvalue weighted by molar-refractivity contribution is 0.0431. The summed E-state index contributed by atoms with van der Waals surface area (Å²) in [5.41, 5.74) is 7.37. The second-order valence-electron chi connectivity index (χ2n) is 7.26. The fraction of sp³-hybridized carbons (Fsp3) is 0.474. The average molecular weight is 404 g/mol. The third-order valence-corrected chi connectivity index (χ3v) is 7.07. The van der Waals surface area contributed by atoms with E-state index in [9.17, 15) is 4.21 Å². The third kappa shape index (κ3) is 3.96. The van der Waals surface area contributed by atoms with Gasteiger partial charge in [-0.2, -0.15) is 4.36 Å². The summed E-state index contributed by atoms with van der Waals surface area (Å²) in [5.74, 6) is 1.69. The standard InChI is InChI=1S/C19H25N5O3S/c1-13-10-26-7-6-24(13)18-9-17(23-28(2,25)16-11-27-12-16)21-19(22-18)14-4-3-5-15(20)8-14/h3-5,8-9,13,16H,6-7,10-12,20H2,1-2H3/t13-,28?/m1/s1. The van der Waals surface area contributed by atoms with Crippen molar-refractivity contribution < 1.29 is 13.7 Å². The highest BCUT2D eigenvalue weighted by Crippen LogP contribution is 2.28. The van der Waals surface area contributed by atoms with Crippen LogP contribution in [0.3, 0.4) is 0 Å². The molecule has 2 fully saturated rings. The number of nitrogen functional groups attached to an aromatic ring is 1. The van der Waals surface area contributed by atoms with E-state index in [-0.39, 0.29) is 11.3 Å². The van der Waals surface area contributed by atoms with Crippen LogP contribution in [0.5, 0.6) is 0 Å². The Morgan fingerprint density at radius 1 is 1.21 bits per heavy atom. The van der Waals surface area contributed by atoms with Gasteiger partial charge < -0.3 is 20.1 Å². The lowest BCUT2D eigenvalue weighted by atomic mass is 10.2.